The molecule has 0 aromatic carbocycles. The van der Waals surface area contributed by atoms with Crippen LogP contribution in [0.2, 0.25) is 0 Å². The van der Waals surface area contributed by atoms with Crippen LogP contribution in [0, 0.1) is 17.3 Å². The second-order valence-corrected chi connectivity index (χ2v) is 5.47. The molecule has 0 spiro atoms. The number of carbonyl (C=O) groups is 3. The van der Waals surface area contributed by atoms with Crippen LogP contribution < -0.4 is 0 Å². The summed E-state index contributed by atoms with van der Waals surface area (Å²) in [6.45, 7) is 6.58. The lowest BCUT2D eigenvalue weighted by atomic mass is 9.66. The molecule has 0 aromatic rings. The minimum Gasteiger partial charge on any atom is -0.481 e. The number of hydrogen-bond acceptors (Lipinski definition) is 4. The molecule has 0 bridgehead atoms. The number of carbonyl (C=O) groups excluding carboxylic acids is 1. The molecule has 0 amide bonds. The standard InChI is InChI=1S/C15H20O6/c1-9(2)13(18)21-7-6-15(14(19)20)5-4-10(3)8-11(15)12(16)17/h4-5,10-11H,1,6-8H2,2-3H3,(H,16,17)(H,19,20). The molecule has 1 aliphatic rings. The Morgan fingerprint density at radius 3 is 2.48 bits per heavy atom. The highest BCUT2D eigenvalue weighted by atomic mass is 16.5. The molecule has 2 N–H and O–H groups in total. The molecule has 0 aliphatic heterocycles. The molecule has 1 aliphatic carbocycles. The number of ether oxygens (including phenoxy) is 1. The van der Waals surface area contributed by atoms with E-state index < -0.39 is 29.2 Å². The number of carboxylic acids is 2. The number of aliphatic carboxylic acids is 2. The highest BCUT2D eigenvalue weighted by molar-refractivity contribution is 5.87. The van der Waals surface area contributed by atoms with Gasteiger partial charge >= 0.3 is 17.9 Å². The number of carboxylic acid groups (broad SMARTS) is 2. The third-order valence-corrected chi connectivity index (χ3v) is 3.75. The summed E-state index contributed by atoms with van der Waals surface area (Å²) in [5.74, 6) is -4.03. The predicted octanol–water partition coefficient (Wildman–Crippen LogP) is 1.86. The molecule has 0 radical (unpaired) electrons. The lowest BCUT2D eigenvalue weighted by Crippen LogP contribution is -2.44. The van der Waals surface area contributed by atoms with Crippen LogP contribution in [0.4, 0.5) is 0 Å². The monoisotopic (exact) mass is 296 g/mol. The molecular weight excluding hydrogens is 276 g/mol. The van der Waals surface area contributed by atoms with Crippen LogP contribution in [0.1, 0.15) is 26.7 Å². The van der Waals surface area contributed by atoms with Crippen LogP contribution in [0.15, 0.2) is 24.3 Å². The third kappa shape index (κ3) is 3.71. The van der Waals surface area contributed by atoms with Crippen molar-refractivity contribution in [1.82, 2.24) is 0 Å². The van der Waals surface area contributed by atoms with E-state index in [9.17, 15) is 24.6 Å². The van der Waals surface area contributed by atoms with Gasteiger partial charge in [-0.3, -0.25) is 9.59 Å². The topological polar surface area (TPSA) is 101 Å². The van der Waals surface area contributed by atoms with Crippen molar-refractivity contribution in [3.63, 3.8) is 0 Å². The highest BCUT2D eigenvalue weighted by Gasteiger charge is 2.49. The van der Waals surface area contributed by atoms with E-state index in [-0.39, 0.29) is 30.9 Å². The van der Waals surface area contributed by atoms with Crippen molar-refractivity contribution in [2.24, 2.45) is 17.3 Å². The van der Waals surface area contributed by atoms with Gasteiger partial charge in [-0.1, -0.05) is 25.7 Å². The lowest BCUT2D eigenvalue weighted by molar-refractivity contribution is -0.162. The molecule has 1 rings (SSSR count). The Labute approximate surface area is 123 Å². The van der Waals surface area contributed by atoms with Crippen molar-refractivity contribution in [2.45, 2.75) is 26.7 Å². The summed E-state index contributed by atoms with van der Waals surface area (Å²) in [6.07, 6.45) is 3.29. The van der Waals surface area contributed by atoms with E-state index >= 15 is 0 Å². The largest absolute Gasteiger partial charge is 0.481 e. The Morgan fingerprint density at radius 1 is 1.38 bits per heavy atom. The summed E-state index contributed by atoms with van der Waals surface area (Å²) in [7, 11) is 0. The number of allylic oxidation sites excluding steroid dienone is 1. The Bertz CT molecular complexity index is 492. The van der Waals surface area contributed by atoms with Gasteiger partial charge in [-0.25, -0.2) is 4.79 Å². The molecule has 0 fully saturated rings. The summed E-state index contributed by atoms with van der Waals surface area (Å²) in [5, 5.41) is 18.8. The smallest absolute Gasteiger partial charge is 0.333 e. The van der Waals surface area contributed by atoms with Gasteiger partial charge in [-0.05, 0) is 19.3 Å². The van der Waals surface area contributed by atoms with Gasteiger partial charge in [0, 0.05) is 12.0 Å². The van der Waals surface area contributed by atoms with Gasteiger partial charge in [0.25, 0.3) is 0 Å². The Hall–Kier alpha value is -2.11. The Balaban J connectivity index is 2.94. The second kappa shape index (κ2) is 6.56. The van der Waals surface area contributed by atoms with E-state index in [0.717, 1.165) is 0 Å². The van der Waals surface area contributed by atoms with Gasteiger partial charge in [0.15, 0.2) is 0 Å². The van der Waals surface area contributed by atoms with E-state index in [1.807, 2.05) is 6.92 Å². The van der Waals surface area contributed by atoms with Crippen LogP contribution >= 0.6 is 0 Å². The molecule has 3 unspecified atom stereocenters. The van der Waals surface area contributed by atoms with Crippen molar-refractivity contribution >= 4 is 17.9 Å². The lowest BCUT2D eigenvalue weighted by Gasteiger charge is -2.36. The number of hydrogen-bond donors (Lipinski definition) is 2. The molecule has 0 aromatic heterocycles. The molecule has 116 valence electrons. The first-order chi connectivity index (χ1) is 9.70. The third-order valence-electron chi connectivity index (χ3n) is 3.75. The summed E-state index contributed by atoms with van der Waals surface area (Å²) >= 11 is 0. The fourth-order valence-corrected chi connectivity index (χ4v) is 2.45. The first kappa shape index (κ1) is 16.9. The van der Waals surface area contributed by atoms with Crippen molar-refractivity contribution in [3.05, 3.63) is 24.3 Å². The molecule has 0 heterocycles. The summed E-state index contributed by atoms with van der Waals surface area (Å²) < 4.78 is 4.91. The fraction of sp³-hybridized carbons (Fsp3) is 0.533. The van der Waals surface area contributed by atoms with Gasteiger partial charge in [0.05, 0.1) is 12.5 Å². The molecule has 21 heavy (non-hydrogen) atoms. The van der Waals surface area contributed by atoms with Crippen LogP contribution in [0.25, 0.3) is 0 Å². The first-order valence-electron chi connectivity index (χ1n) is 6.69. The normalized spacial score (nSPS) is 27.9. The van der Waals surface area contributed by atoms with Gasteiger partial charge in [-0.15, -0.1) is 0 Å². The van der Waals surface area contributed by atoms with Gasteiger partial charge in [-0.2, -0.15) is 0 Å². The maximum absolute atomic E-state index is 11.6. The summed E-state index contributed by atoms with van der Waals surface area (Å²) in [4.78, 5) is 34.4. The zero-order valence-electron chi connectivity index (χ0n) is 12.2. The highest BCUT2D eigenvalue weighted by Crippen LogP contribution is 2.42. The van der Waals surface area contributed by atoms with E-state index in [0.29, 0.717) is 0 Å². The Morgan fingerprint density at radius 2 is 2.00 bits per heavy atom. The minimum absolute atomic E-state index is 0.00320. The zero-order chi connectivity index (χ0) is 16.2. The number of esters is 1. The van der Waals surface area contributed by atoms with Crippen LogP contribution in [0.5, 0.6) is 0 Å². The molecular formula is C15H20O6. The molecule has 6 heteroatoms. The first-order valence-corrected chi connectivity index (χ1v) is 6.69. The van der Waals surface area contributed by atoms with Crippen molar-refractivity contribution in [3.8, 4) is 0 Å². The molecule has 6 nitrogen and oxygen atoms in total. The predicted molar refractivity (Wildman–Crippen MR) is 74.5 cm³/mol. The maximum Gasteiger partial charge on any atom is 0.333 e. The van der Waals surface area contributed by atoms with Crippen molar-refractivity contribution in [1.29, 1.82) is 0 Å². The minimum atomic E-state index is -1.55. The van der Waals surface area contributed by atoms with E-state index in [4.69, 9.17) is 4.74 Å². The molecule has 0 saturated heterocycles. The fourth-order valence-electron chi connectivity index (χ4n) is 2.45. The molecule has 0 saturated carbocycles. The van der Waals surface area contributed by atoms with Crippen LogP contribution in [-0.2, 0) is 19.1 Å². The van der Waals surface area contributed by atoms with Gasteiger partial charge < -0.3 is 14.9 Å². The average molecular weight is 296 g/mol. The van der Waals surface area contributed by atoms with Crippen molar-refractivity contribution in [2.75, 3.05) is 6.61 Å². The van der Waals surface area contributed by atoms with Gasteiger partial charge in [0.1, 0.15) is 5.41 Å². The van der Waals surface area contributed by atoms with Crippen LogP contribution in [0.3, 0.4) is 0 Å². The quantitative estimate of drug-likeness (QED) is 0.441. The number of rotatable bonds is 6. The average Bonchev–Trinajstić information content (AvgIpc) is 2.39. The Kier molecular flexibility index (Phi) is 5.29. The maximum atomic E-state index is 11.6. The van der Waals surface area contributed by atoms with Gasteiger partial charge in [0.2, 0.25) is 0 Å². The SMILES string of the molecule is C=C(C)C(=O)OCCC1(C(=O)O)C=CC(C)CC1C(=O)O. The zero-order valence-corrected chi connectivity index (χ0v) is 12.2. The van der Waals surface area contributed by atoms with Crippen LogP contribution in [-0.4, -0.2) is 34.7 Å². The second-order valence-electron chi connectivity index (χ2n) is 5.47. The van der Waals surface area contributed by atoms with E-state index in [1.165, 1.54) is 13.0 Å². The van der Waals surface area contributed by atoms with E-state index in [2.05, 4.69) is 6.58 Å². The van der Waals surface area contributed by atoms with E-state index in [1.54, 1.807) is 6.08 Å². The van der Waals surface area contributed by atoms with Crippen molar-refractivity contribution < 1.29 is 29.3 Å². The molecule has 3 atom stereocenters. The summed E-state index contributed by atoms with van der Waals surface area (Å²) in [6, 6.07) is 0. The summed E-state index contributed by atoms with van der Waals surface area (Å²) in [5.41, 5.74) is -1.34.